The first-order valence-corrected chi connectivity index (χ1v) is 5.26. The van der Waals surface area contributed by atoms with Crippen LogP contribution < -0.4 is 0 Å². The number of carboxylic acids is 1. The van der Waals surface area contributed by atoms with Gasteiger partial charge in [0.25, 0.3) is 12.3 Å². The number of hydrogen-bond donors (Lipinski definition) is 3. The molecule has 1 fully saturated rings. The van der Waals surface area contributed by atoms with Crippen molar-refractivity contribution >= 4 is 28.6 Å². The lowest BCUT2D eigenvalue weighted by atomic mass is 9.88. The number of hydrogen-bond acceptors (Lipinski definition) is 3. The maximum Gasteiger partial charge on any atom is 0.312 e. The number of aliphatic hydroxyl groups excluding tert-OH is 1. The first-order chi connectivity index (χ1) is 7.08. The van der Waals surface area contributed by atoms with Crippen LogP contribution in [0, 0.1) is 5.92 Å². The molecule has 9 heteroatoms. The molecule has 4 atom stereocenters. The molecule has 0 aromatic rings. The molecule has 4 nitrogen and oxygen atoms in total. The second-order valence-corrected chi connectivity index (χ2v) is 4.80. The minimum absolute atomic E-state index is 0.951. The smallest absolute Gasteiger partial charge is 0.312 e. The molecule has 0 spiro atoms. The lowest BCUT2D eigenvalue weighted by Crippen LogP contribution is -2.57. The van der Waals surface area contributed by atoms with E-state index in [0.29, 0.717) is 0 Å². The standard InChI is InChI=1S/C7H7F4IO4/c8-5(9)6(16)1(4(14)15)2(13)3(12)7(6,10)11/h1-3,5,13,16H,(H,14,15)/t1-,2+,3-,6-/m1/s1. The van der Waals surface area contributed by atoms with Crippen LogP contribution in [0.15, 0.2) is 0 Å². The molecule has 0 aromatic carbocycles. The lowest BCUT2D eigenvalue weighted by Gasteiger charge is -2.32. The van der Waals surface area contributed by atoms with E-state index in [-0.39, 0.29) is 0 Å². The Morgan fingerprint density at radius 3 is 2.06 bits per heavy atom. The number of carboxylic acid groups (broad SMARTS) is 1. The molecule has 0 amide bonds. The normalized spacial score (nSPS) is 42.6. The maximum atomic E-state index is 13.3. The minimum atomic E-state index is -4.38. The van der Waals surface area contributed by atoms with Crippen LogP contribution in [0.4, 0.5) is 17.6 Å². The van der Waals surface area contributed by atoms with Gasteiger partial charge in [0.05, 0.1) is 6.10 Å². The highest BCUT2D eigenvalue weighted by molar-refractivity contribution is 14.1. The summed E-state index contributed by atoms with van der Waals surface area (Å²) in [5.41, 5.74) is -4.05. The summed E-state index contributed by atoms with van der Waals surface area (Å²) >= 11 is 0.951. The first-order valence-electron chi connectivity index (χ1n) is 4.01. The number of carbonyl (C=O) groups is 1. The van der Waals surface area contributed by atoms with Crippen molar-refractivity contribution < 1.29 is 37.7 Å². The average Bonchev–Trinajstić information content (AvgIpc) is 2.26. The molecule has 1 rings (SSSR count). The van der Waals surface area contributed by atoms with E-state index >= 15 is 0 Å². The van der Waals surface area contributed by atoms with Crippen LogP contribution in [0.2, 0.25) is 0 Å². The summed E-state index contributed by atoms with van der Waals surface area (Å²) in [6, 6.07) is 0. The summed E-state index contributed by atoms with van der Waals surface area (Å²) in [5.74, 6) is -9.09. The fourth-order valence-electron chi connectivity index (χ4n) is 1.69. The van der Waals surface area contributed by atoms with Gasteiger partial charge in [0.1, 0.15) is 9.84 Å². The fourth-order valence-corrected chi connectivity index (χ4v) is 2.60. The van der Waals surface area contributed by atoms with E-state index in [0.717, 1.165) is 22.6 Å². The SMILES string of the molecule is O=C(O)[C@H]1[C@H](O)[C@@H](I)C(F)(F)[C@]1(O)C(F)F. The number of aliphatic carboxylic acids is 1. The topological polar surface area (TPSA) is 77.8 Å². The molecule has 0 radical (unpaired) electrons. The molecule has 0 aliphatic heterocycles. The van der Waals surface area contributed by atoms with Crippen LogP contribution in [-0.2, 0) is 4.79 Å². The monoisotopic (exact) mass is 358 g/mol. The fraction of sp³-hybridized carbons (Fsp3) is 0.857. The molecule has 1 saturated carbocycles. The van der Waals surface area contributed by atoms with Crippen LogP contribution in [-0.4, -0.2) is 49.3 Å². The summed E-state index contributed by atoms with van der Waals surface area (Å²) in [6.45, 7) is 0. The summed E-state index contributed by atoms with van der Waals surface area (Å²) in [7, 11) is 0. The molecule has 0 aromatic heterocycles. The van der Waals surface area contributed by atoms with Gasteiger partial charge in [-0.3, -0.25) is 4.79 Å². The number of alkyl halides is 5. The molecule has 1 aliphatic rings. The predicted molar refractivity (Wildman–Crippen MR) is 50.8 cm³/mol. The van der Waals surface area contributed by atoms with Gasteiger partial charge in [-0.2, -0.15) is 0 Å². The second-order valence-electron chi connectivity index (χ2n) is 3.46. The summed E-state index contributed by atoms with van der Waals surface area (Å²) in [5, 5.41) is 26.9. The highest BCUT2D eigenvalue weighted by Gasteiger charge is 2.77. The van der Waals surface area contributed by atoms with E-state index in [1.807, 2.05) is 0 Å². The van der Waals surface area contributed by atoms with Crippen molar-refractivity contribution in [3.63, 3.8) is 0 Å². The molecular weight excluding hydrogens is 351 g/mol. The number of aliphatic hydroxyl groups is 2. The maximum absolute atomic E-state index is 13.3. The van der Waals surface area contributed by atoms with Crippen LogP contribution >= 0.6 is 22.6 Å². The zero-order valence-electron chi connectivity index (χ0n) is 7.45. The Kier molecular flexibility index (Phi) is 3.43. The Balaban J connectivity index is 3.34. The van der Waals surface area contributed by atoms with Crippen LogP contribution in [0.1, 0.15) is 0 Å². The lowest BCUT2D eigenvalue weighted by molar-refractivity contribution is -0.236. The molecule has 0 bridgehead atoms. The van der Waals surface area contributed by atoms with Crippen molar-refractivity contribution in [2.24, 2.45) is 5.92 Å². The molecule has 3 N–H and O–H groups in total. The quantitative estimate of drug-likeness (QED) is 0.382. The largest absolute Gasteiger partial charge is 0.481 e. The van der Waals surface area contributed by atoms with Crippen molar-refractivity contribution in [2.45, 2.75) is 28.0 Å². The van der Waals surface area contributed by atoms with Gasteiger partial charge in [-0.05, 0) is 0 Å². The van der Waals surface area contributed by atoms with E-state index in [9.17, 15) is 32.6 Å². The van der Waals surface area contributed by atoms with E-state index in [1.54, 1.807) is 0 Å². The third-order valence-electron chi connectivity index (χ3n) is 2.59. The van der Waals surface area contributed by atoms with Crippen molar-refractivity contribution in [1.82, 2.24) is 0 Å². The number of rotatable bonds is 2. The predicted octanol–water partition coefficient (Wildman–Crippen LogP) is 0.497. The van der Waals surface area contributed by atoms with Gasteiger partial charge in [0.15, 0.2) is 0 Å². The molecular formula is C7H7F4IO4. The van der Waals surface area contributed by atoms with Gasteiger partial charge in [0, 0.05) is 0 Å². The van der Waals surface area contributed by atoms with E-state index in [2.05, 4.69) is 0 Å². The Bertz CT molecular complexity index is 313. The average molecular weight is 358 g/mol. The minimum Gasteiger partial charge on any atom is -0.481 e. The Labute approximate surface area is 100 Å². The van der Waals surface area contributed by atoms with Crippen LogP contribution in [0.25, 0.3) is 0 Å². The molecule has 16 heavy (non-hydrogen) atoms. The van der Waals surface area contributed by atoms with Gasteiger partial charge in [0.2, 0.25) is 5.60 Å². The van der Waals surface area contributed by atoms with E-state index in [1.165, 1.54) is 0 Å². The molecule has 0 unspecified atom stereocenters. The molecule has 0 saturated heterocycles. The Hall–Kier alpha value is -0.160. The third-order valence-corrected chi connectivity index (χ3v) is 4.11. The third kappa shape index (κ3) is 1.51. The highest BCUT2D eigenvalue weighted by Crippen LogP contribution is 2.53. The van der Waals surface area contributed by atoms with E-state index in [4.69, 9.17) is 5.11 Å². The van der Waals surface area contributed by atoms with Crippen LogP contribution in [0.3, 0.4) is 0 Å². The summed E-state index contributed by atoms with van der Waals surface area (Å²) < 4.78 is 49.5. The second kappa shape index (κ2) is 3.95. The molecule has 1 aliphatic carbocycles. The van der Waals surface area contributed by atoms with Gasteiger partial charge in [-0.25, -0.2) is 17.6 Å². The Morgan fingerprint density at radius 2 is 1.81 bits per heavy atom. The number of halogens is 5. The Morgan fingerprint density at radius 1 is 1.38 bits per heavy atom. The highest BCUT2D eigenvalue weighted by atomic mass is 127. The van der Waals surface area contributed by atoms with Gasteiger partial charge in [-0.15, -0.1) is 0 Å². The van der Waals surface area contributed by atoms with Gasteiger partial charge >= 0.3 is 5.97 Å². The zero-order chi connectivity index (χ0) is 12.9. The van der Waals surface area contributed by atoms with Crippen molar-refractivity contribution in [3.8, 4) is 0 Å². The first kappa shape index (κ1) is 13.9. The zero-order valence-corrected chi connectivity index (χ0v) is 9.61. The summed E-state index contributed by atoms with van der Waals surface area (Å²) in [4.78, 5) is 10.6. The molecule has 0 heterocycles. The summed E-state index contributed by atoms with van der Waals surface area (Å²) in [6.07, 6.45) is -6.22. The van der Waals surface area contributed by atoms with E-state index < -0.39 is 39.9 Å². The van der Waals surface area contributed by atoms with Crippen molar-refractivity contribution in [1.29, 1.82) is 0 Å². The van der Waals surface area contributed by atoms with Crippen molar-refractivity contribution in [2.75, 3.05) is 0 Å². The van der Waals surface area contributed by atoms with Crippen LogP contribution in [0.5, 0.6) is 0 Å². The van der Waals surface area contributed by atoms with Crippen molar-refractivity contribution in [3.05, 3.63) is 0 Å². The van der Waals surface area contributed by atoms with Gasteiger partial charge in [-0.1, -0.05) is 22.6 Å². The van der Waals surface area contributed by atoms with Gasteiger partial charge < -0.3 is 15.3 Å². The molecule has 94 valence electrons.